The molecule has 1 aliphatic heterocycles. The number of carbonyl (C=O) groups excluding carboxylic acids is 1. The highest BCUT2D eigenvalue weighted by Gasteiger charge is 2.47. The molecule has 36 heavy (non-hydrogen) atoms. The largest absolute Gasteiger partial charge is 0.383 e. The first kappa shape index (κ1) is 23.6. The van der Waals surface area contributed by atoms with Crippen LogP contribution in [0.5, 0.6) is 0 Å². The van der Waals surface area contributed by atoms with Gasteiger partial charge in [-0.25, -0.2) is 37.5 Å². The smallest absolute Gasteiger partial charge is 0.276 e. The molecule has 0 aliphatic carbocycles. The summed E-state index contributed by atoms with van der Waals surface area (Å²) in [6.07, 6.45) is 0.676. The van der Waals surface area contributed by atoms with E-state index < -0.39 is 36.2 Å². The van der Waals surface area contributed by atoms with Crippen LogP contribution in [0.2, 0.25) is 0 Å². The monoisotopic (exact) mass is 499 g/mol. The van der Waals surface area contributed by atoms with Gasteiger partial charge in [-0.15, -0.1) is 0 Å². The van der Waals surface area contributed by atoms with Crippen LogP contribution < -0.4 is 11.1 Å². The van der Waals surface area contributed by atoms with Gasteiger partial charge in [-0.2, -0.15) is 0 Å². The van der Waals surface area contributed by atoms with Crippen molar-refractivity contribution in [2.45, 2.75) is 31.1 Å². The van der Waals surface area contributed by atoms with Crippen molar-refractivity contribution in [1.29, 1.82) is 0 Å². The van der Waals surface area contributed by atoms with Crippen LogP contribution in [0.3, 0.4) is 0 Å². The lowest BCUT2D eigenvalue weighted by Crippen LogP contribution is -2.33. The molecule has 1 atom stereocenters. The molecule has 0 saturated heterocycles. The maximum atomic E-state index is 13.5. The van der Waals surface area contributed by atoms with Crippen molar-refractivity contribution < 1.29 is 22.4 Å². The predicted octanol–water partition coefficient (Wildman–Crippen LogP) is 3.94. The van der Waals surface area contributed by atoms with E-state index in [0.717, 1.165) is 0 Å². The average Bonchev–Trinajstić information content (AvgIpc) is 3.35. The number of halogens is 4. The third-order valence-corrected chi connectivity index (χ3v) is 6.44. The van der Waals surface area contributed by atoms with E-state index in [4.69, 9.17) is 5.73 Å². The lowest BCUT2D eigenvalue weighted by atomic mass is 9.78. The third kappa shape index (κ3) is 3.73. The van der Waals surface area contributed by atoms with E-state index in [-0.39, 0.29) is 35.4 Å². The molecule has 1 aromatic carbocycles. The molecule has 5 rings (SSSR count). The van der Waals surface area contributed by atoms with Gasteiger partial charge in [0.25, 0.3) is 5.92 Å². The van der Waals surface area contributed by atoms with Gasteiger partial charge in [-0.1, -0.05) is 12.1 Å². The fraction of sp³-hybridized carbons (Fsp3) is 0.292. The van der Waals surface area contributed by atoms with Gasteiger partial charge in [-0.05, 0) is 30.7 Å². The minimum Gasteiger partial charge on any atom is -0.383 e. The zero-order valence-corrected chi connectivity index (χ0v) is 19.3. The van der Waals surface area contributed by atoms with Gasteiger partial charge in [-0.3, -0.25) is 4.79 Å². The van der Waals surface area contributed by atoms with Crippen LogP contribution in [0.4, 0.5) is 29.2 Å². The van der Waals surface area contributed by atoms with E-state index >= 15 is 0 Å². The van der Waals surface area contributed by atoms with Gasteiger partial charge in [0, 0.05) is 31.5 Å². The number of hydrogen-bond acceptors (Lipinski definition) is 6. The van der Waals surface area contributed by atoms with Crippen molar-refractivity contribution in [1.82, 2.24) is 24.5 Å². The number of nitrogen functional groups attached to an aromatic ring is 1. The van der Waals surface area contributed by atoms with Crippen LogP contribution in [-0.4, -0.2) is 43.0 Å². The number of fused-ring (bicyclic) bond motifs is 2. The zero-order chi connectivity index (χ0) is 25.8. The second kappa shape index (κ2) is 8.25. The van der Waals surface area contributed by atoms with Crippen molar-refractivity contribution in [2.75, 3.05) is 17.7 Å². The lowest BCUT2D eigenvalue weighted by Gasteiger charge is -2.23. The third-order valence-electron chi connectivity index (χ3n) is 6.44. The molecule has 186 valence electrons. The van der Waals surface area contributed by atoms with Crippen molar-refractivity contribution in [2.24, 2.45) is 7.05 Å². The average molecular weight is 499 g/mol. The van der Waals surface area contributed by atoms with E-state index in [0.29, 0.717) is 22.2 Å². The van der Waals surface area contributed by atoms with Crippen molar-refractivity contribution >= 4 is 28.6 Å². The Morgan fingerprint density at radius 2 is 1.83 bits per heavy atom. The Labute approximate surface area is 202 Å². The number of nitrogens with one attached hydrogen (secondary N) is 1. The summed E-state index contributed by atoms with van der Waals surface area (Å²) in [6.45, 7) is -0.132. The molecule has 1 aliphatic rings. The Morgan fingerprint density at radius 3 is 2.53 bits per heavy atom. The molecule has 0 saturated carbocycles. The Balaban J connectivity index is 1.63. The van der Waals surface area contributed by atoms with Crippen LogP contribution in [0.1, 0.15) is 30.3 Å². The molecule has 0 fully saturated rings. The summed E-state index contributed by atoms with van der Waals surface area (Å²) in [4.78, 5) is 30.7. The number of rotatable bonds is 6. The molecule has 1 unspecified atom stereocenters. The first-order chi connectivity index (χ1) is 17.0. The second-order valence-corrected chi connectivity index (χ2v) is 8.88. The SMILES string of the molecule is Cn1ccc2c(-c3nc(N)c4c(n3)NC(=O)C4(C)c3ccc(F)cc3)nc(CCC(F)(F)CF)nc21. The fourth-order valence-corrected chi connectivity index (χ4v) is 4.40. The number of amides is 1. The number of benzene rings is 1. The maximum absolute atomic E-state index is 13.5. The number of nitrogens with two attached hydrogens (primary N) is 1. The normalized spacial score (nSPS) is 17.4. The van der Waals surface area contributed by atoms with E-state index in [2.05, 4.69) is 25.3 Å². The zero-order valence-electron chi connectivity index (χ0n) is 19.3. The van der Waals surface area contributed by atoms with Gasteiger partial charge in [0.15, 0.2) is 12.5 Å². The van der Waals surface area contributed by atoms with Gasteiger partial charge in [0.1, 0.15) is 40.0 Å². The molecule has 8 nitrogen and oxygen atoms in total. The molecule has 4 heterocycles. The highest BCUT2D eigenvalue weighted by Crippen LogP contribution is 2.45. The van der Waals surface area contributed by atoms with Gasteiger partial charge in [0.2, 0.25) is 5.91 Å². The van der Waals surface area contributed by atoms with Crippen molar-refractivity contribution in [3.63, 3.8) is 0 Å². The standard InChI is InChI=1S/C24H21F4N7O/c1-23(12-3-5-13(26)6-4-12)16-18(29)32-20(33-19(16)34-22(23)36)17-14-8-10-35(2)21(14)31-15(30-17)7-9-24(27,28)11-25/h3-6,8,10H,7,9,11H2,1-2H3,(H3,29,32,33,34,36). The molecule has 1 amide bonds. The Hall–Kier alpha value is -4.09. The first-order valence-corrected chi connectivity index (χ1v) is 11.0. The second-order valence-electron chi connectivity index (χ2n) is 8.88. The summed E-state index contributed by atoms with van der Waals surface area (Å²) in [5, 5.41) is 3.26. The van der Waals surface area contributed by atoms with Crippen molar-refractivity contribution in [3.05, 3.63) is 59.3 Å². The maximum Gasteiger partial charge on any atom is 0.276 e. The van der Waals surface area contributed by atoms with Crippen LogP contribution in [0.25, 0.3) is 22.6 Å². The molecule has 12 heteroatoms. The molecular weight excluding hydrogens is 478 g/mol. The van der Waals surface area contributed by atoms with Crippen LogP contribution in [0.15, 0.2) is 36.5 Å². The highest BCUT2D eigenvalue weighted by atomic mass is 19.3. The predicted molar refractivity (Wildman–Crippen MR) is 125 cm³/mol. The molecule has 0 radical (unpaired) electrons. The molecule has 4 aromatic rings. The lowest BCUT2D eigenvalue weighted by molar-refractivity contribution is -0.119. The van der Waals surface area contributed by atoms with E-state index in [1.165, 1.54) is 24.3 Å². The molecule has 3 N–H and O–H groups in total. The van der Waals surface area contributed by atoms with Gasteiger partial charge >= 0.3 is 0 Å². The minimum absolute atomic E-state index is 0.00776. The Morgan fingerprint density at radius 1 is 1.11 bits per heavy atom. The molecular formula is C24H21F4N7O. The number of anilines is 2. The Bertz CT molecular complexity index is 1500. The quantitative estimate of drug-likeness (QED) is 0.389. The molecule has 0 spiro atoms. The summed E-state index contributed by atoms with van der Waals surface area (Å²) >= 11 is 0. The van der Waals surface area contributed by atoms with E-state index in [1.54, 1.807) is 30.8 Å². The van der Waals surface area contributed by atoms with Crippen molar-refractivity contribution in [3.8, 4) is 11.5 Å². The number of alkyl halides is 3. The minimum atomic E-state index is -3.49. The number of hydrogen-bond donors (Lipinski definition) is 2. The number of carbonyl (C=O) groups is 1. The van der Waals surface area contributed by atoms with Gasteiger partial charge < -0.3 is 15.6 Å². The summed E-state index contributed by atoms with van der Waals surface area (Å²) in [5.74, 6) is -4.05. The summed E-state index contributed by atoms with van der Waals surface area (Å²) < 4.78 is 54.8. The van der Waals surface area contributed by atoms with Crippen LogP contribution in [0, 0.1) is 5.82 Å². The summed E-state index contributed by atoms with van der Waals surface area (Å²) in [6, 6.07) is 7.21. The summed E-state index contributed by atoms with van der Waals surface area (Å²) in [5.41, 5.74) is 6.59. The molecule has 0 bridgehead atoms. The van der Waals surface area contributed by atoms with Gasteiger partial charge in [0.05, 0.1) is 5.56 Å². The van der Waals surface area contributed by atoms with Crippen LogP contribution in [-0.2, 0) is 23.7 Å². The fourth-order valence-electron chi connectivity index (χ4n) is 4.40. The summed E-state index contributed by atoms with van der Waals surface area (Å²) in [7, 11) is 1.73. The first-order valence-electron chi connectivity index (χ1n) is 11.0. The Kier molecular flexibility index (Phi) is 5.42. The van der Waals surface area contributed by atoms with E-state index in [1.807, 2.05) is 0 Å². The number of aryl methyl sites for hydroxylation is 2. The topological polar surface area (TPSA) is 112 Å². The van der Waals surface area contributed by atoms with E-state index in [9.17, 15) is 22.4 Å². The molecule has 3 aromatic heterocycles. The number of nitrogens with zero attached hydrogens (tertiary/aromatic N) is 5. The highest BCUT2D eigenvalue weighted by molar-refractivity contribution is 6.09. The van der Waals surface area contributed by atoms with Crippen LogP contribution >= 0.6 is 0 Å². The number of aromatic nitrogens is 5.